The number of ether oxygens (including phenoxy) is 1. The van der Waals surface area contributed by atoms with Crippen molar-refractivity contribution in [1.29, 1.82) is 0 Å². The van der Waals surface area contributed by atoms with Crippen molar-refractivity contribution in [3.63, 3.8) is 0 Å². The topological polar surface area (TPSA) is 29.5 Å². The van der Waals surface area contributed by atoms with Crippen LogP contribution >= 0.6 is 0 Å². The molecule has 0 spiro atoms. The van der Waals surface area contributed by atoms with Crippen molar-refractivity contribution >= 4 is 5.78 Å². The molecule has 2 aliphatic rings. The fourth-order valence-corrected chi connectivity index (χ4v) is 3.56. The Morgan fingerprint density at radius 3 is 2.58 bits per heavy atom. The average molecular weight is 267 g/mol. The van der Waals surface area contributed by atoms with Crippen molar-refractivity contribution in [2.75, 3.05) is 26.2 Å². The number of likely N-dealkylation sites (tertiary alicyclic amines) is 1. The molecule has 1 aliphatic carbocycles. The lowest BCUT2D eigenvalue weighted by molar-refractivity contribution is -0.126. The number of ketones is 1. The molecule has 0 aromatic rings. The van der Waals surface area contributed by atoms with Crippen LogP contribution in [0.25, 0.3) is 0 Å². The third-order valence-corrected chi connectivity index (χ3v) is 4.87. The lowest BCUT2D eigenvalue weighted by Gasteiger charge is -2.36. The van der Waals surface area contributed by atoms with Gasteiger partial charge >= 0.3 is 0 Å². The lowest BCUT2D eigenvalue weighted by Crippen LogP contribution is -2.42. The first-order valence-corrected chi connectivity index (χ1v) is 8.09. The van der Waals surface area contributed by atoms with Crippen molar-refractivity contribution < 1.29 is 9.53 Å². The number of carbonyl (C=O) groups excluding carboxylic acids is 1. The largest absolute Gasteiger partial charge is 0.378 e. The molecule has 3 heteroatoms. The summed E-state index contributed by atoms with van der Waals surface area (Å²) in [6.45, 7) is 8.34. The maximum atomic E-state index is 12.0. The Bertz CT molecular complexity index is 284. The highest BCUT2D eigenvalue weighted by Crippen LogP contribution is 2.29. The van der Waals surface area contributed by atoms with Gasteiger partial charge < -0.3 is 9.64 Å². The van der Waals surface area contributed by atoms with Crippen molar-refractivity contribution in [3.8, 4) is 0 Å². The van der Waals surface area contributed by atoms with Gasteiger partial charge in [-0.2, -0.15) is 0 Å². The number of rotatable bonds is 5. The Labute approximate surface area is 117 Å². The van der Waals surface area contributed by atoms with Gasteiger partial charge in [0.05, 0.1) is 6.10 Å². The highest BCUT2D eigenvalue weighted by Gasteiger charge is 2.30. The first-order valence-electron chi connectivity index (χ1n) is 8.09. The molecular weight excluding hydrogens is 238 g/mol. The van der Waals surface area contributed by atoms with Crippen LogP contribution in [0.1, 0.15) is 52.4 Å². The fraction of sp³-hybridized carbons (Fsp3) is 0.938. The van der Waals surface area contributed by atoms with E-state index in [1.165, 1.54) is 6.42 Å². The van der Waals surface area contributed by atoms with Crippen LogP contribution in [0.5, 0.6) is 0 Å². The van der Waals surface area contributed by atoms with E-state index < -0.39 is 0 Å². The Balaban J connectivity index is 1.76. The van der Waals surface area contributed by atoms with Crippen LogP contribution in [-0.4, -0.2) is 43.0 Å². The maximum Gasteiger partial charge on any atom is 0.137 e. The van der Waals surface area contributed by atoms with Gasteiger partial charge in [-0.05, 0) is 38.5 Å². The zero-order valence-electron chi connectivity index (χ0n) is 12.6. The third kappa shape index (κ3) is 4.28. The summed E-state index contributed by atoms with van der Waals surface area (Å²) in [4.78, 5) is 14.5. The van der Waals surface area contributed by atoms with E-state index in [9.17, 15) is 4.79 Å². The van der Waals surface area contributed by atoms with Crippen molar-refractivity contribution in [1.82, 2.24) is 4.90 Å². The molecule has 110 valence electrons. The number of carbonyl (C=O) groups is 1. The standard InChI is InChI=1S/C16H29NO2/c1-3-13-5-6-16(18)14(11-13)12-17-9-7-15(8-10-17)19-4-2/h13-15H,3-12H2,1-2H3. The molecule has 19 heavy (non-hydrogen) atoms. The van der Waals surface area contributed by atoms with Crippen LogP contribution in [0, 0.1) is 11.8 Å². The molecule has 1 saturated heterocycles. The molecule has 0 aromatic carbocycles. The molecule has 0 aromatic heterocycles. The van der Waals surface area contributed by atoms with Crippen molar-refractivity contribution in [2.24, 2.45) is 11.8 Å². The Morgan fingerprint density at radius 2 is 1.95 bits per heavy atom. The fourth-order valence-electron chi connectivity index (χ4n) is 3.56. The second-order valence-corrected chi connectivity index (χ2v) is 6.17. The van der Waals surface area contributed by atoms with Gasteiger partial charge in [-0.1, -0.05) is 13.3 Å². The maximum absolute atomic E-state index is 12.0. The Morgan fingerprint density at radius 1 is 1.21 bits per heavy atom. The van der Waals surface area contributed by atoms with Crippen LogP contribution in [0.2, 0.25) is 0 Å². The quantitative estimate of drug-likeness (QED) is 0.767. The number of nitrogens with zero attached hydrogens (tertiary/aromatic N) is 1. The Hall–Kier alpha value is -0.410. The van der Waals surface area contributed by atoms with Gasteiger partial charge in [0.15, 0.2) is 0 Å². The summed E-state index contributed by atoms with van der Waals surface area (Å²) < 4.78 is 5.68. The normalized spacial score (nSPS) is 30.7. The van der Waals surface area contributed by atoms with Crippen LogP contribution in [0.15, 0.2) is 0 Å². The van der Waals surface area contributed by atoms with E-state index in [-0.39, 0.29) is 0 Å². The number of piperidine rings is 1. The van der Waals surface area contributed by atoms with Crippen molar-refractivity contribution in [2.45, 2.75) is 58.5 Å². The van der Waals surface area contributed by atoms with Gasteiger partial charge in [0.2, 0.25) is 0 Å². The molecule has 1 heterocycles. The smallest absolute Gasteiger partial charge is 0.137 e. The predicted molar refractivity (Wildman–Crippen MR) is 77.2 cm³/mol. The summed E-state index contributed by atoms with van der Waals surface area (Å²) >= 11 is 0. The van der Waals surface area contributed by atoms with E-state index in [1.807, 2.05) is 0 Å². The number of hydrogen-bond donors (Lipinski definition) is 0. The summed E-state index contributed by atoms with van der Waals surface area (Å²) in [7, 11) is 0. The van der Waals surface area contributed by atoms with E-state index in [0.29, 0.717) is 17.8 Å². The average Bonchev–Trinajstić information content (AvgIpc) is 2.44. The lowest BCUT2D eigenvalue weighted by atomic mass is 9.79. The van der Waals surface area contributed by atoms with Crippen LogP contribution in [0.3, 0.4) is 0 Å². The first kappa shape index (κ1) is 15.0. The van der Waals surface area contributed by atoms with Crippen LogP contribution in [-0.2, 0) is 9.53 Å². The molecule has 3 nitrogen and oxygen atoms in total. The number of hydrogen-bond acceptors (Lipinski definition) is 3. The molecule has 2 rings (SSSR count). The third-order valence-electron chi connectivity index (χ3n) is 4.87. The minimum Gasteiger partial charge on any atom is -0.378 e. The molecule has 1 aliphatic heterocycles. The van der Waals surface area contributed by atoms with E-state index in [0.717, 1.165) is 64.3 Å². The van der Waals surface area contributed by atoms with Gasteiger partial charge in [-0.3, -0.25) is 4.79 Å². The van der Waals surface area contributed by atoms with E-state index in [2.05, 4.69) is 18.7 Å². The van der Waals surface area contributed by atoms with Crippen LogP contribution < -0.4 is 0 Å². The second kappa shape index (κ2) is 7.39. The Kier molecular flexibility index (Phi) is 5.83. The SMILES string of the molecule is CCOC1CCN(CC2CC(CC)CCC2=O)CC1. The van der Waals surface area contributed by atoms with Gasteiger partial charge in [0, 0.05) is 38.6 Å². The minimum absolute atomic E-state index is 0.308. The first-order chi connectivity index (χ1) is 9.22. The highest BCUT2D eigenvalue weighted by molar-refractivity contribution is 5.81. The molecule has 1 saturated carbocycles. The molecule has 0 amide bonds. The molecule has 2 fully saturated rings. The van der Waals surface area contributed by atoms with Gasteiger partial charge in [0.25, 0.3) is 0 Å². The highest BCUT2D eigenvalue weighted by atomic mass is 16.5. The predicted octanol–water partition coefficient (Wildman–Crippen LogP) is 2.88. The van der Waals surface area contributed by atoms with E-state index in [4.69, 9.17) is 4.74 Å². The zero-order chi connectivity index (χ0) is 13.7. The van der Waals surface area contributed by atoms with Gasteiger partial charge in [0.1, 0.15) is 5.78 Å². The summed E-state index contributed by atoms with van der Waals surface area (Å²) in [5.41, 5.74) is 0. The summed E-state index contributed by atoms with van der Waals surface area (Å²) in [6, 6.07) is 0. The summed E-state index contributed by atoms with van der Waals surface area (Å²) in [5, 5.41) is 0. The molecule has 2 atom stereocenters. The van der Waals surface area contributed by atoms with E-state index in [1.54, 1.807) is 0 Å². The second-order valence-electron chi connectivity index (χ2n) is 6.17. The number of Topliss-reactive ketones (excluding diaryl/α,β-unsaturated/α-hetero) is 1. The molecule has 0 bridgehead atoms. The summed E-state index contributed by atoms with van der Waals surface area (Å²) in [5.74, 6) is 1.60. The minimum atomic E-state index is 0.308. The van der Waals surface area contributed by atoms with Gasteiger partial charge in [-0.25, -0.2) is 0 Å². The summed E-state index contributed by atoms with van der Waals surface area (Å²) in [6.07, 6.45) is 7.01. The molecule has 2 unspecified atom stereocenters. The van der Waals surface area contributed by atoms with Gasteiger partial charge in [-0.15, -0.1) is 0 Å². The molecule has 0 N–H and O–H groups in total. The molecular formula is C16H29NO2. The van der Waals surface area contributed by atoms with Crippen LogP contribution in [0.4, 0.5) is 0 Å². The van der Waals surface area contributed by atoms with Crippen molar-refractivity contribution in [3.05, 3.63) is 0 Å². The zero-order valence-corrected chi connectivity index (χ0v) is 12.6. The monoisotopic (exact) mass is 267 g/mol. The van der Waals surface area contributed by atoms with E-state index >= 15 is 0 Å². The molecule has 0 radical (unpaired) electrons.